The molecule has 1 aliphatic rings. The van der Waals surface area contributed by atoms with Crippen LogP contribution in [0.3, 0.4) is 0 Å². The maximum atomic E-state index is 13.0. The van der Waals surface area contributed by atoms with Gasteiger partial charge in [0.15, 0.2) is 0 Å². The number of ketones is 1. The van der Waals surface area contributed by atoms with Gasteiger partial charge in [0.2, 0.25) is 0 Å². The molecule has 1 aliphatic heterocycles. The van der Waals surface area contributed by atoms with E-state index in [1.807, 2.05) is 6.92 Å². The second kappa shape index (κ2) is 10.8. The first-order chi connectivity index (χ1) is 15.9. The maximum absolute atomic E-state index is 13.0. The highest BCUT2D eigenvalue weighted by Crippen LogP contribution is 2.39. The summed E-state index contributed by atoms with van der Waals surface area (Å²) in [7, 11) is 2.85. The zero-order chi connectivity index (χ0) is 24.0. The third-order valence-corrected chi connectivity index (χ3v) is 5.35. The van der Waals surface area contributed by atoms with E-state index in [0.29, 0.717) is 42.1 Å². The summed E-state index contributed by atoms with van der Waals surface area (Å²) in [5.41, 5.74) is 1.27. The summed E-state index contributed by atoms with van der Waals surface area (Å²) in [6, 6.07) is 12.3. The van der Waals surface area contributed by atoms with Crippen molar-refractivity contribution in [2.24, 2.45) is 0 Å². The lowest BCUT2D eigenvalue weighted by Crippen LogP contribution is -2.31. The molecule has 3 rings (SSSR count). The number of likely N-dealkylation sites (tertiary alicyclic amines) is 1. The number of aliphatic hydroxyl groups is 1. The number of ether oxygens (including phenoxy) is 3. The van der Waals surface area contributed by atoms with Crippen LogP contribution in [0.5, 0.6) is 5.75 Å². The molecule has 8 heteroatoms. The van der Waals surface area contributed by atoms with E-state index in [0.717, 1.165) is 0 Å². The summed E-state index contributed by atoms with van der Waals surface area (Å²) in [5.74, 6) is -1.71. The Bertz CT molecular complexity index is 1060. The predicted octanol–water partition coefficient (Wildman–Crippen LogP) is 3.33. The first kappa shape index (κ1) is 24.0. The number of nitrogens with zero attached hydrogens (tertiary/aromatic N) is 1. The molecule has 0 aliphatic carbocycles. The Labute approximate surface area is 192 Å². The Morgan fingerprint density at radius 2 is 1.79 bits per heavy atom. The normalized spacial score (nSPS) is 17.3. The van der Waals surface area contributed by atoms with E-state index in [1.165, 1.54) is 12.0 Å². The number of methoxy groups -OCH3 is 2. The van der Waals surface area contributed by atoms with Gasteiger partial charge >= 0.3 is 5.97 Å². The molecule has 1 unspecified atom stereocenters. The number of hydrogen-bond donors (Lipinski definition) is 1. The summed E-state index contributed by atoms with van der Waals surface area (Å²) in [5, 5.41) is 11.1. The van der Waals surface area contributed by atoms with Crippen LogP contribution in [0.15, 0.2) is 54.1 Å². The Morgan fingerprint density at radius 3 is 2.42 bits per heavy atom. The van der Waals surface area contributed by atoms with E-state index < -0.39 is 23.7 Å². The molecular formula is C25H27NO7. The molecule has 0 saturated carbocycles. The number of hydrogen-bond acceptors (Lipinski definition) is 7. The summed E-state index contributed by atoms with van der Waals surface area (Å²) in [4.78, 5) is 39.2. The van der Waals surface area contributed by atoms with Crippen molar-refractivity contribution in [3.05, 3.63) is 70.8 Å². The van der Waals surface area contributed by atoms with Gasteiger partial charge in [-0.05, 0) is 43.2 Å². The highest BCUT2D eigenvalue weighted by Gasteiger charge is 2.45. The lowest BCUT2D eigenvalue weighted by molar-refractivity contribution is -0.140. The Morgan fingerprint density at radius 1 is 1.06 bits per heavy atom. The minimum atomic E-state index is -0.815. The lowest BCUT2D eigenvalue weighted by atomic mass is 9.94. The fourth-order valence-corrected chi connectivity index (χ4v) is 3.81. The van der Waals surface area contributed by atoms with E-state index in [-0.39, 0.29) is 17.9 Å². The summed E-state index contributed by atoms with van der Waals surface area (Å²) in [6.45, 7) is 2.96. The molecular weight excluding hydrogens is 426 g/mol. The van der Waals surface area contributed by atoms with Crippen LogP contribution in [-0.2, 0) is 19.1 Å². The number of rotatable bonds is 9. The number of carbonyl (C=O) groups excluding carboxylic acids is 3. The Kier molecular flexibility index (Phi) is 7.84. The molecule has 1 saturated heterocycles. The molecule has 0 radical (unpaired) electrons. The molecule has 1 atom stereocenters. The molecule has 1 heterocycles. The number of aliphatic hydroxyl groups excluding tert-OH is 1. The van der Waals surface area contributed by atoms with Gasteiger partial charge < -0.3 is 24.2 Å². The van der Waals surface area contributed by atoms with Gasteiger partial charge in [-0.1, -0.05) is 24.3 Å². The van der Waals surface area contributed by atoms with Crippen molar-refractivity contribution in [3.8, 4) is 5.75 Å². The highest BCUT2D eigenvalue weighted by molar-refractivity contribution is 6.46. The molecule has 33 heavy (non-hydrogen) atoms. The van der Waals surface area contributed by atoms with Crippen LogP contribution in [-0.4, -0.2) is 61.6 Å². The van der Waals surface area contributed by atoms with Crippen LogP contribution in [0.25, 0.3) is 5.76 Å². The van der Waals surface area contributed by atoms with E-state index in [2.05, 4.69) is 0 Å². The smallest absolute Gasteiger partial charge is 0.337 e. The minimum Gasteiger partial charge on any atom is -0.507 e. The van der Waals surface area contributed by atoms with Crippen LogP contribution >= 0.6 is 0 Å². The second-order valence-corrected chi connectivity index (χ2v) is 7.41. The molecule has 0 spiro atoms. The largest absolute Gasteiger partial charge is 0.507 e. The van der Waals surface area contributed by atoms with E-state index in [4.69, 9.17) is 14.2 Å². The number of benzene rings is 2. The average molecular weight is 453 g/mol. The van der Waals surface area contributed by atoms with Crippen molar-refractivity contribution >= 4 is 23.4 Å². The minimum absolute atomic E-state index is 0.0168. The summed E-state index contributed by atoms with van der Waals surface area (Å²) in [6.07, 6.45) is 0.514. The fourth-order valence-electron chi connectivity index (χ4n) is 3.81. The van der Waals surface area contributed by atoms with Crippen LogP contribution < -0.4 is 4.74 Å². The number of esters is 1. The van der Waals surface area contributed by atoms with Gasteiger partial charge in [-0.25, -0.2) is 4.79 Å². The SMILES string of the molecule is CCOc1cccc(/C(O)=C2\C(=O)C(=O)N(CCCOC)C2c2ccc(C(=O)OC)cc2)c1. The van der Waals surface area contributed by atoms with Crippen molar-refractivity contribution in [3.63, 3.8) is 0 Å². The Hall–Kier alpha value is -3.65. The molecule has 1 fully saturated rings. The zero-order valence-corrected chi connectivity index (χ0v) is 18.9. The van der Waals surface area contributed by atoms with Crippen LogP contribution in [0, 0.1) is 0 Å². The average Bonchev–Trinajstić information content (AvgIpc) is 3.08. The molecule has 2 aromatic rings. The molecule has 1 N–H and O–H groups in total. The number of carbonyl (C=O) groups is 3. The van der Waals surface area contributed by atoms with Crippen LogP contribution in [0.4, 0.5) is 0 Å². The van der Waals surface area contributed by atoms with Crippen molar-refractivity contribution in [1.29, 1.82) is 0 Å². The second-order valence-electron chi connectivity index (χ2n) is 7.41. The van der Waals surface area contributed by atoms with Gasteiger partial charge in [0.05, 0.1) is 30.9 Å². The van der Waals surface area contributed by atoms with Gasteiger partial charge in [-0.2, -0.15) is 0 Å². The van der Waals surface area contributed by atoms with E-state index in [1.54, 1.807) is 55.6 Å². The molecule has 0 bridgehead atoms. The Balaban J connectivity index is 2.10. The maximum Gasteiger partial charge on any atom is 0.337 e. The third kappa shape index (κ3) is 5.06. The molecule has 0 aromatic heterocycles. The van der Waals surface area contributed by atoms with Crippen molar-refractivity contribution in [2.75, 3.05) is 34.0 Å². The van der Waals surface area contributed by atoms with Gasteiger partial charge in [0.1, 0.15) is 11.5 Å². The highest BCUT2D eigenvalue weighted by atomic mass is 16.5. The van der Waals surface area contributed by atoms with E-state index >= 15 is 0 Å². The fraction of sp³-hybridized carbons (Fsp3) is 0.320. The van der Waals surface area contributed by atoms with Crippen molar-refractivity contribution in [1.82, 2.24) is 4.90 Å². The summed E-state index contributed by atoms with van der Waals surface area (Å²) >= 11 is 0. The predicted molar refractivity (Wildman–Crippen MR) is 121 cm³/mol. The lowest BCUT2D eigenvalue weighted by Gasteiger charge is -2.25. The van der Waals surface area contributed by atoms with Crippen molar-refractivity contribution < 1.29 is 33.7 Å². The molecule has 1 amide bonds. The zero-order valence-electron chi connectivity index (χ0n) is 18.9. The monoisotopic (exact) mass is 453 g/mol. The van der Waals surface area contributed by atoms with Crippen molar-refractivity contribution in [2.45, 2.75) is 19.4 Å². The van der Waals surface area contributed by atoms with Crippen LogP contribution in [0.2, 0.25) is 0 Å². The molecule has 174 valence electrons. The standard InChI is InChI=1S/C25H27NO7/c1-4-33-19-8-5-7-18(15-19)22(27)20-21(16-9-11-17(12-10-16)25(30)32-3)26(13-6-14-31-2)24(29)23(20)28/h5,7-12,15,21,27H,4,6,13-14H2,1-3H3/b22-20+. The van der Waals surface area contributed by atoms with Gasteiger partial charge in [-0.3, -0.25) is 9.59 Å². The van der Waals surface area contributed by atoms with Gasteiger partial charge in [0, 0.05) is 25.8 Å². The first-order valence-electron chi connectivity index (χ1n) is 10.6. The quantitative estimate of drug-likeness (QED) is 0.204. The van der Waals surface area contributed by atoms with E-state index in [9.17, 15) is 19.5 Å². The summed E-state index contributed by atoms with van der Waals surface area (Å²) < 4.78 is 15.3. The van der Waals surface area contributed by atoms with Crippen LogP contribution in [0.1, 0.15) is 40.9 Å². The first-order valence-corrected chi connectivity index (χ1v) is 10.6. The number of Topliss-reactive ketones (excluding diaryl/α,β-unsaturated/α-hetero) is 1. The third-order valence-electron chi connectivity index (χ3n) is 5.35. The molecule has 8 nitrogen and oxygen atoms in total. The number of amides is 1. The van der Waals surface area contributed by atoms with Gasteiger partial charge in [0.25, 0.3) is 11.7 Å². The molecule has 2 aromatic carbocycles. The topological polar surface area (TPSA) is 102 Å². The van der Waals surface area contributed by atoms with Gasteiger partial charge in [-0.15, -0.1) is 0 Å².